The van der Waals surface area contributed by atoms with Crippen molar-refractivity contribution in [3.63, 3.8) is 0 Å². The molecule has 0 aliphatic carbocycles. The van der Waals surface area contributed by atoms with Crippen molar-refractivity contribution >= 4 is 28.7 Å². The van der Waals surface area contributed by atoms with Crippen LogP contribution in [0.2, 0.25) is 0 Å². The number of nitrogens with zero attached hydrogens (tertiary/aromatic N) is 2. The second-order valence-electron chi connectivity index (χ2n) is 6.18. The van der Waals surface area contributed by atoms with Crippen molar-refractivity contribution in [3.8, 4) is 0 Å². The van der Waals surface area contributed by atoms with Gasteiger partial charge in [-0.2, -0.15) is 0 Å². The predicted octanol–water partition coefficient (Wildman–Crippen LogP) is 2.76. The third-order valence-corrected chi connectivity index (χ3v) is 4.07. The number of ether oxygens (including phenoxy) is 1. The fraction of sp³-hybridized carbons (Fsp3) is 0.250. The van der Waals surface area contributed by atoms with Crippen LogP contribution in [-0.2, 0) is 9.53 Å². The van der Waals surface area contributed by atoms with Crippen molar-refractivity contribution in [1.29, 1.82) is 0 Å². The summed E-state index contributed by atoms with van der Waals surface area (Å²) >= 11 is 0. The van der Waals surface area contributed by atoms with Gasteiger partial charge in [0, 0.05) is 42.1 Å². The summed E-state index contributed by atoms with van der Waals surface area (Å²) in [7, 11) is 0. The molecule has 0 saturated heterocycles. The summed E-state index contributed by atoms with van der Waals surface area (Å²) in [4.78, 5) is 23.8. The number of benzene rings is 2. The quantitative estimate of drug-likeness (QED) is 0.163. The third-order valence-electron chi connectivity index (χ3n) is 4.07. The molecule has 0 aliphatic rings. The number of carbonyl (C=O) groups excluding carboxylic acids is 1. The van der Waals surface area contributed by atoms with Gasteiger partial charge < -0.3 is 9.64 Å². The number of nitrogens with two attached hydrogens (primary N) is 1. The molecule has 0 fully saturated rings. The number of likely N-dealkylation sites (N-methyl/N-ethyl adjacent to an activating group) is 1. The monoisotopic (exact) mass is 385 g/mol. The number of quaternary nitrogens is 1. The second-order valence-corrected chi connectivity index (χ2v) is 6.18. The van der Waals surface area contributed by atoms with E-state index in [1.165, 1.54) is 12.1 Å². The van der Waals surface area contributed by atoms with Crippen molar-refractivity contribution < 1.29 is 19.9 Å². The summed E-state index contributed by atoms with van der Waals surface area (Å²) in [5, 5.41) is 10.7. The molecule has 2 aromatic carbocycles. The van der Waals surface area contributed by atoms with E-state index >= 15 is 0 Å². The number of nitro benzene ring substituents is 1. The number of hydrogen-bond acceptors (Lipinski definition) is 6. The first-order valence-electron chi connectivity index (χ1n) is 8.92. The normalized spacial score (nSPS) is 10.2. The first-order valence-corrected chi connectivity index (χ1v) is 8.92. The fourth-order valence-corrected chi connectivity index (χ4v) is 2.47. The Hall–Kier alpha value is -3.39. The number of nitro groups is 1. The van der Waals surface area contributed by atoms with Crippen LogP contribution >= 0.6 is 0 Å². The molecule has 2 aromatic rings. The van der Waals surface area contributed by atoms with Crippen LogP contribution in [0.15, 0.2) is 60.7 Å². The number of esters is 1. The molecular weight excluding hydrogens is 360 g/mol. The van der Waals surface area contributed by atoms with Gasteiger partial charge in [0.15, 0.2) is 5.69 Å². The molecule has 3 N–H and O–H groups in total. The van der Waals surface area contributed by atoms with E-state index in [0.29, 0.717) is 18.7 Å². The maximum absolute atomic E-state index is 11.4. The molecule has 8 heteroatoms. The first-order chi connectivity index (χ1) is 13.4. The van der Waals surface area contributed by atoms with E-state index < -0.39 is 4.92 Å². The van der Waals surface area contributed by atoms with Crippen LogP contribution in [-0.4, -0.2) is 30.6 Å². The Morgan fingerprint density at radius 3 is 2.39 bits per heavy atom. The van der Waals surface area contributed by atoms with Gasteiger partial charge in [-0.3, -0.25) is 10.1 Å². The molecule has 0 aromatic heterocycles. The van der Waals surface area contributed by atoms with E-state index in [2.05, 4.69) is 16.9 Å². The SMILES string of the molecule is C=C(C)C(=O)OCCN(CC)c1ccc(N[NH2+]c2ccc([N+](=O)[O-])cc2)cc1. The average molecular weight is 385 g/mol. The summed E-state index contributed by atoms with van der Waals surface area (Å²) in [5.41, 5.74) is 8.17. The molecule has 148 valence electrons. The molecule has 0 heterocycles. The smallest absolute Gasteiger partial charge is 0.333 e. The van der Waals surface area contributed by atoms with Crippen molar-refractivity contribution in [2.75, 3.05) is 30.0 Å². The highest BCUT2D eigenvalue weighted by Gasteiger charge is 2.08. The van der Waals surface area contributed by atoms with Crippen LogP contribution in [0.5, 0.6) is 0 Å². The molecule has 8 nitrogen and oxygen atoms in total. The van der Waals surface area contributed by atoms with Crippen molar-refractivity contribution in [2.45, 2.75) is 13.8 Å². The fourth-order valence-electron chi connectivity index (χ4n) is 2.47. The second kappa shape index (κ2) is 10.1. The molecule has 2 rings (SSSR count). The van der Waals surface area contributed by atoms with Gasteiger partial charge in [-0.05, 0) is 38.1 Å². The Labute approximate surface area is 163 Å². The Balaban J connectivity index is 1.87. The average Bonchev–Trinajstić information content (AvgIpc) is 2.70. The number of nitrogens with one attached hydrogen (secondary N) is 1. The number of carbonyl (C=O) groups is 1. The van der Waals surface area contributed by atoms with E-state index in [0.717, 1.165) is 23.6 Å². The van der Waals surface area contributed by atoms with Gasteiger partial charge >= 0.3 is 5.97 Å². The van der Waals surface area contributed by atoms with E-state index in [-0.39, 0.29) is 11.7 Å². The number of non-ortho nitro benzene ring substituents is 1. The molecule has 0 aliphatic heterocycles. The van der Waals surface area contributed by atoms with E-state index in [9.17, 15) is 14.9 Å². The molecular formula is C20H25N4O4+. The summed E-state index contributed by atoms with van der Waals surface area (Å²) in [6, 6.07) is 14.2. The van der Waals surface area contributed by atoms with Gasteiger partial charge in [-0.25, -0.2) is 15.6 Å². The Morgan fingerprint density at radius 2 is 1.86 bits per heavy atom. The summed E-state index contributed by atoms with van der Waals surface area (Å²) in [6.07, 6.45) is 0. The van der Waals surface area contributed by atoms with E-state index in [4.69, 9.17) is 4.74 Å². The summed E-state index contributed by atoms with van der Waals surface area (Å²) < 4.78 is 5.15. The third kappa shape index (κ3) is 6.10. The highest BCUT2D eigenvalue weighted by atomic mass is 16.6. The lowest BCUT2D eigenvalue weighted by molar-refractivity contribution is -0.538. The molecule has 0 spiro atoms. The van der Waals surface area contributed by atoms with E-state index in [1.807, 2.05) is 31.2 Å². The zero-order chi connectivity index (χ0) is 20.5. The van der Waals surface area contributed by atoms with Crippen LogP contribution in [0.1, 0.15) is 13.8 Å². The molecule has 0 saturated carbocycles. The van der Waals surface area contributed by atoms with Crippen molar-refractivity contribution in [2.24, 2.45) is 0 Å². The minimum Gasteiger partial charge on any atom is -0.460 e. The number of rotatable bonds is 10. The number of nitrogen functional groups attached to an aromatic ring is 1. The zero-order valence-corrected chi connectivity index (χ0v) is 16.1. The van der Waals surface area contributed by atoms with Crippen LogP contribution in [0, 0.1) is 10.1 Å². The Morgan fingerprint density at radius 1 is 1.21 bits per heavy atom. The van der Waals surface area contributed by atoms with Gasteiger partial charge in [0.05, 0.1) is 17.2 Å². The molecule has 0 radical (unpaired) electrons. The zero-order valence-electron chi connectivity index (χ0n) is 16.1. The van der Waals surface area contributed by atoms with Crippen LogP contribution in [0.3, 0.4) is 0 Å². The first kappa shape index (κ1) is 20.9. The number of anilines is 2. The highest BCUT2D eigenvalue weighted by Crippen LogP contribution is 2.17. The topological polar surface area (TPSA) is 101 Å². The van der Waals surface area contributed by atoms with Gasteiger partial charge in [0.2, 0.25) is 0 Å². The minimum absolute atomic E-state index is 0.0649. The molecule has 0 amide bonds. The lowest BCUT2D eigenvalue weighted by Gasteiger charge is -2.23. The van der Waals surface area contributed by atoms with Gasteiger partial charge in [-0.15, -0.1) is 0 Å². The largest absolute Gasteiger partial charge is 0.460 e. The van der Waals surface area contributed by atoms with Gasteiger partial charge in [0.1, 0.15) is 6.61 Å². The molecule has 0 bridgehead atoms. The molecule has 0 unspecified atom stereocenters. The number of hydrogen-bond donors (Lipinski definition) is 2. The van der Waals surface area contributed by atoms with Gasteiger partial charge in [0.25, 0.3) is 5.69 Å². The van der Waals surface area contributed by atoms with Crippen molar-refractivity contribution in [3.05, 3.63) is 70.8 Å². The summed E-state index contributed by atoms with van der Waals surface area (Å²) in [5.74, 6) is -0.377. The Bertz CT molecular complexity index is 819. The molecule has 28 heavy (non-hydrogen) atoms. The lowest BCUT2D eigenvalue weighted by Crippen LogP contribution is -2.82. The lowest BCUT2D eigenvalue weighted by atomic mass is 10.2. The van der Waals surface area contributed by atoms with E-state index in [1.54, 1.807) is 24.5 Å². The maximum atomic E-state index is 11.4. The Kier molecular flexibility index (Phi) is 7.53. The van der Waals surface area contributed by atoms with Crippen LogP contribution < -0.4 is 15.8 Å². The maximum Gasteiger partial charge on any atom is 0.333 e. The van der Waals surface area contributed by atoms with Gasteiger partial charge in [-0.1, -0.05) is 6.58 Å². The van der Waals surface area contributed by atoms with Crippen LogP contribution in [0.4, 0.5) is 22.7 Å². The molecule has 0 atom stereocenters. The highest BCUT2D eigenvalue weighted by molar-refractivity contribution is 5.86. The van der Waals surface area contributed by atoms with Crippen LogP contribution in [0.25, 0.3) is 0 Å². The minimum atomic E-state index is -0.422. The standard InChI is InChI=1S/C20H24N4O4/c1-4-23(13-14-28-20(25)15(2)3)18-9-5-16(6-10-18)21-22-17-7-11-19(12-8-17)24(26)27/h5-12,21-22H,2,4,13-14H2,1,3H3/p+1. The summed E-state index contributed by atoms with van der Waals surface area (Å²) in [6.45, 7) is 8.90. The van der Waals surface area contributed by atoms with Crippen molar-refractivity contribution in [1.82, 2.24) is 0 Å². The predicted molar refractivity (Wildman–Crippen MR) is 108 cm³/mol.